The van der Waals surface area contributed by atoms with E-state index in [1.54, 1.807) is 0 Å². The van der Waals surface area contributed by atoms with Crippen LogP contribution < -0.4 is 5.32 Å². The monoisotopic (exact) mass is 405 g/mol. The van der Waals surface area contributed by atoms with Gasteiger partial charge in [0.05, 0.1) is 22.1 Å². The molecule has 4 N–H and O–H groups in total. The predicted octanol–water partition coefficient (Wildman–Crippen LogP) is 2.40. The van der Waals surface area contributed by atoms with Crippen LogP contribution in [-0.2, 0) is 27.6 Å². The maximum Gasteiger partial charge on any atom is 0.306 e. The summed E-state index contributed by atoms with van der Waals surface area (Å²) in [5, 5.41) is 33.6. The van der Waals surface area contributed by atoms with Crippen LogP contribution in [-0.4, -0.2) is 43.8 Å². The van der Waals surface area contributed by atoms with Crippen LogP contribution in [0.2, 0.25) is 0 Å². The summed E-state index contributed by atoms with van der Waals surface area (Å²) in [5.41, 5.74) is -0.709. The van der Waals surface area contributed by atoms with Gasteiger partial charge in [0.15, 0.2) is 0 Å². The van der Waals surface area contributed by atoms with Gasteiger partial charge in [-0.3, -0.25) is 9.00 Å². The van der Waals surface area contributed by atoms with Gasteiger partial charge < -0.3 is 20.6 Å². The second kappa shape index (κ2) is 8.86. The maximum atomic E-state index is 11.8. The van der Waals surface area contributed by atoms with Crippen LogP contribution in [0.25, 0.3) is 0 Å². The molecule has 2 atom stereocenters. The van der Waals surface area contributed by atoms with E-state index in [2.05, 4.69) is 5.32 Å². The number of phenolic OH excluding ortho intramolecular Hbond substituents is 1. The Bertz CT molecular complexity index is 853. The molecule has 0 bridgehead atoms. The zero-order chi connectivity index (χ0) is 20.9. The third-order valence-electron chi connectivity index (χ3n) is 4.60. The summed E-state index contributed by atoms with van der Waals surface area (Å²) < 4.78 is 11.8. The minimum Gasteiger partial charge on any atom is -0.507 e. The SMILES string of the molecule is CS(=O)c1cc(C(O)(CNC(C)(C)Cc2ccccc2)CC(=O)O)ccc1O. The number of carboxylic acid groups (broad SMARTS) is 1. The second-order valence-corrected chi connectivity index (χ2v) is 8.99. The zero-order valence-corrected chi connectivity index (χ0v) is 17.1. The van der Waals surface area contributed by atoms with Crippen molar-refractivity contribution in [2.45, 2.75) is 42.7 Å². The Morgan fingerprint density at radius 3 is 2.36 bits per heavy atom. The largest absolute Gasteiger partial charge is 0.507 e. The van der Waals surface area contributed by atoms with E-state index in [0.29, 0.717) is 12.0 Å². The number of aliphatic hydroxyl groups is 1. The van der Waals surface area contributed by atoms with Gasteiger partial charge >= 0.3 is 5.97 Å². The minimum atomic E-state index is -1.72. The topological polar surface area (TPSA) is 107 Å². The van der Waals surface area contributed by atoms with Crippen molar-refractivity contribution in [3.05, 3.63) is 59.7 Å². The van der Waals surface area contributed by atoms with Crippen molar-refractivity contribution in [3.8, 4) is 5.75 Å². The molecule has 0 radical (unpaired) electrons. The molecule has 0 aliphatic rings. The Balaban J connectivity index is 2.26. The molecule has 2 unspecified atom stereocenters. The number of hydrogen-bond acceptors (Lipinski definition) is 5. The summed E-state index contributed by atoms with van der Waals surface area (Å²) in [4.78, 5) is 11.5. The average molecular weight is 406 g/mol. The standard InChI is InChI=1S/C21H27NO5S/c1-20(2,12-15-7-5-4-6-8-15)22-14-21(26,13-19(24)25)16-9-10-17(23)18(11-16)28(3)27/h4-11,22-23,26H,12-14H2,1-3H3,(H,24,25). The Labute approximate surface area is 167 Å². The normalized spacial score (nSPS) is 15.0. The number of rotatable bonds is 9. The summed E-state index contributed by atoms with van der Waals surface area (Å²) in [7, 11) is -1.47. The Kier molecular flexibility index (Phi) is 6.98. The minimum absolute atomic E-state index is 0.0142. The molecule has 0 aromatic heterocycles. The highest BCUT2D eigenvalue weighted by Gasteiger charge is 2.35. The van der Waals surface area contributed by atoms with Crippen molar-refractivity contribution in [3.63, 3.8) is 0 Å². The number of benzene rings is 2. The second-order valence-electron chi connectivity index (χ2n) is 7.64. The van der Waals surface area contributed by atoms with Crippen molar-refractivity contribution in [2.75, 3.05) is 12.8 Å². The molecule has 0 spiro atoms. The number of aromatic hydroxyl groups is 1. The quantitative estimate of drug-likeness (QED) is 0.510. The maximum absolute atomic E-state index is 11.8. The predicted molar refractivity (Wildman–Crippen MR) is 109 cm³/mol. The van der Waals surface area contributed by atoms with Gasteiger partial charge in [0, 0.05) is 18.3 Å². The molecular weight excluding hydrogens is 378 g/mol. The van der Waals surface area contributed by atoms with Gasteiger partial charge in [0.25, 0.3) is 0 Å². The first kappa shape index (κ1) is 22.1. The first-order valence-electron chi connectivity index (χ1n) is 8.92. The first-order chi connectivity index (χ1) is 13.0. The Hall–Kier alpha value is -2.22. The molecule has 7 heteroatoms. The van der Waals surface area contributed by atoms with E-state index in [9.17, 15) is 24.3 Å². The lowest BCUT2D eigenvalue weighted by atomic mass is 9.88. The molecule has 2 aromatic carbocycles. The fraction of sp³-hybridized carbons (Fsp3) is 0.381. The van der Waals surface area contributed by atoms with Crippen LogP contribution >= 0.6 is 0 Å². The molecule has 28 heavy (non-hydrogen) atoms. The third-order valence-corrected chi connectivity index (χ3v) is 5.55. The molecular formula is C21H27NO5S. The van der Waals surface area contributed by atoms with E-state index in [-0.39, 0.29) is 17.2 Å². The molecule has 2 rings (SSSR count). The highest BCUT2D eigenvalue weighted by Crippen LogP contribution is 2.31. The van der Waals surface area contributed by atoms with Crippen molar-refractivity contribution in [2.24, 2.45) is 0 Å². The molecule has 0 saturated heterocycles. The number of β-amino-alcohol motifs (C(OH)–C–C–N with tert-alkyl or cyclic N) is 1. The van der Waals surface area contributed by atoms with Gasteiger partial charge in [-0.25, -0.2) is 0 Å². The summed E-state index contributed by atoms with van der Waals surface area (Å²) in [6.07, 6.45) is 1.58. The van der Waals surface area contributed by atoms with Crippen molar-refractivity contribution < 1.29 is 24.3 Å². The van der Waals surface area contributed by atoms with Gasteiger partial charge in [0.2, 0.25) is 0 Å². The fourth-order valence-electron chi connectivity index (χ4n) is 3.10. The van der Waals surface area contributed by atoms with Gasteiger partial charge in [-0.2, -0.15) is 0 Å². The molecule has 0 fully saturated rings. The summed E-state index contributed by atoms with van der Waals surface area (Å²) in [6.45, 7) is 3.94. The van der Waals surface area contributed by atoms with Gasteiger partial charge in [-0.1, -0.05) is 36.4 Å². The summed E-state index contributed by atoms with van der Waals surface area (Å²) in [6, 6.07) is 14.1. The number of carboxylic acids is 1. The van der Waals surface area contributed by atoms with E-state index < -0.39 is 34.3 Å². The van der Waals surface area contributed by atoms with Crippen molar-refractivity contribution in [1.29, 1.82) is 0 Å². The number of carbonyl (C=O) groups is 1. The number of nitrogens with one attached hydrogen (secondary N) is 1. The van der Waals surface area contributed by atoms with E-state index in [0.717, 1.165) is 5.56 Å². The molecule has 0 aliphatic carbocycles. The molecule has 2 aromatic rings. The Morgan fingerprint density at radius 2 is 1.79 bits per heavy atom. The van der Waals surface area contributed by atoms with Crippen molar-refractivity contribution >= 4 is 16.8 Å². The molecule has 6 nitrogen and oxygen atoms in total. The summed E-state index contributed by atoms with van der Waals surface area (Å²) >= 11 is 0. The highest BCUT2D eigenvalue weighted by atomic mass is 32.2. The number of hydrogen-bond donors (Lipinski definition) is 4. The van der Waals surface area contributed by atoms with E-state index in [1.807, 2.05) is 44.2 Å². The molecule has 0 heterocycles. The fourth-order valence-corrected chi connectivity index (χ4v) is 3.76. The van der Waals surface area contributed by atoms with Crippen LogP contribution in [0.3, 0.4) is 0 Å². The zero-order valence-electron chi connectivity index (χ0n) is 16.3. The van der Waals surface area contributed by atoms with Crippen LogP contribution in [0, 0.1) is 0 Å². The molecule has 152 valence electrons. The van der Waals surface area contributed by atoms with Crippen LogP contribution in [0.15, 0.2) is 53.4 Å². The Morgan fingerprint density at radius 1 is 1.14 bits per heavy atom. The highest BCUT2D eigenvalue weighted by molar-refractivity contribution is 7.84. The average Bonchev–Trinajstić information content (AvgIpc) is 2.60. The lowest BCUT2D eigenvalue weighted by molar-refractivity contribution is -0.143. The van der Waals surface area contributed by atoms with Crippen molar-refractivity contribution in [1.82, 2.24) is 5.32 Å². The first-order valence-corrected chi connectivity index (χ1v) is 10.5. The smallest absolute Gasteiger partial charge is 0.306 e. The van der Waals surface area contributed by atoms with E-state index >= 15 is 0 Å². The number of aliphatic carboxylic acids is 1. The molecule has 0 saturated carbocycles. The molecule has 0 amide bonds. The van der Waals surface area contributed by atoms with E-state index in [1.165, 1.54) is 24.5 Å². The van der Waals surface area contributed by atoms with Gasteiger partial charge in [0.1, 0.15) is 11.4 Å². The number of phenols is 1. The van der Waals surface area contributed by atoms with Crippen LogP contribution in [0.1, 0.15) is 31.4 Å². The van der Waals surface area contributed by atoms with Crippen LogP contribution in [0.5, 0.6) is 5.75 Å². The van der Waals surface area contributed by atoms with Gasteiger partial charge in [-0.15, -0.1) is 0 Å². The van der Waals surface area contributed by atoms with E-state index in [4.69, 9.17) is 0 Å². The van der Waals surface area contributed by atoms with Gasteiger partial charge in [-0.05, 0) is 43.5 Å². The van der Waals surface area contributed by atoms with Crippen LogP contribution in [0.4, 0.5) is 0 Å². The summed E-state index contributed by atoms with van der Waals surface area (Å²) in [5.74, 6) is -1.31. The molecule has 0 aliphatic heterocycles. The third kappa shape index (κ3) is 5.89. The lowest BCUT2D eigenvalue weighted by Crippen LogP contribution is -2.49. The lowest BCUT2D eigenvalue weighted by Gasteiger charge is -2.34.